The molecule has 0 saturated heterocycles. The smallest absolute Gasteiger partial charge is 0.226 e. The maximum atomic E-state index is 9.23. The molecule has 0 amide bonds. The molecule has 0 saturated carbocycles. The fourth-order valence-electron chi connectivity index (χ4n) is 1.96. The molecular weight excluding hydrogens is 266 g/mol. The molecule has 21 heavy (non-hydrogen) atoms. The van der Waals surface area contributed by atoms with Crippen molar-refractivity contribution in [2.75, 3.05) is 0 Å². The van der Waals surface area contributed by atoms with Gasteiger partial charge in [-0.2, -0.15) is 0 Å². The van der Waals surface area contributed by atoms with Crippen molar-refractivity contribution in [3.63, 3.8) is 0 Å². The van der Waals surface area contributed by atoms with Crippen LogP contribution in [0.15, 0.2) is 59.0 Å². The summed E-state index contributed by atoms with van der Waals surface area (Å²) in [6.07, 6.45) is 0. The quantitative estimate of drug-likeness (QED) is 0.787. The number of nitrogens with zero attached hydrogens (tertiary/aromatic N) is 1. The molecule has 4 nitrogen and oxygen atoms in total. The summed E-state index contributed by atoms with van der Waals surface area (Å²) in [6.45, 7) is 2.20. The van der Waals surface area contributed by atoms with E-state index in [4.69, 9.17) is 9.15 Å². The van der Waals surface area contributed by atoms with Gasteiger partial charge in [0.05, 0.1) is 0 Å². The maximum absolute atomic E-state index is 9.23. The minimum atomic E-state index is 0.214. The monoisotopic (exact) mass is 281 g/mol. The second kappa shape index (κ2) is 5.71. The highest BCUT2D eigenvalue weighted by Gasteiger charge is 2.11. The lowest BCUT2D eigenvalue weighted by Gasteiger charge is -2.04. The second-order valence-corrected chi connectivity index (χ2v) is 4.67. The molecule has 1 N–H and O–H groups in total. The summed E-state index contributed by atoms with van der Waals surface area (Å²) < 4.78 is 11.3. The Hall–Kier alpha value is -2.75. The van der Waals surface area contributed by atoms with Gasteiger partial charge < -0.3 is 14.3 Å². The summed E-state index contributed by atoms with van der Waals surface area (Å²) >= 11 is 0. The van der Waals surface area contributed by atoms with Crippen LogP contribution in [0.4, 0.5) is 0 Å². The first-order chi connectivity index (χ1) is 10.2. The lowest BCUT2D eigenvalue weighted by Crippen LogP contribution is -1.97. The van der Waals surface area contributed by atoms with Crippen LogP contribution in [0.2, 0.25) is 0 Å². The van der Waals surface area contributed by atoms with Gasteiger partial charge in [0, 0.05) is 5.56 Å². The summed E-state index contributed by atoms with van der Waals surface area (Å²) in [5, 5.41) is 9.23. The molecule has 0 radical (unpaired) electrons. The lowest BCUT2D eigenvalue weighted by atomic mass is 10.2. The molecule has 4 heteroatoms. The SMILES string of the molecule is Cc1oc(-c2ccccc2)nc1COc1ccc(O)cc1. The predicted octanol–water partition coefficient (Wildman–Crippen LogP) is 3.93. The van der Waals surface area contributed by atoms with Crippen molar-refractivity contribution in [3.05, 3.63) is 66.1 Å². The van der Waals surface area contributed by atoms with Gasteiger partial charge in [0.1, 0.15) is 29.6 Å². The Kier molecular flexibility index (Phi) is 3.60. The molecule has 0 aliphatic rings. The summed E-state index contributed by atoms with van der Waals surface area (Å²) in [5.41, 5.74) is 1.71. The Morgan fingerprint density at radius 1 is 1.05 bits per heavy atom. The number of phenols is 1. The molecule has 0 aliphatic carbocycles. The van der Waals surface area contributed by atoms with E-state index in [1.165, 1.54) is 0 Å². The third-order valence-corrected chi connectivity index (χ3v) is 3.13. The molecule has 0 unspecified atom stereocenters. The molecule has 0 fully saturated rings. The van der Waals surface area contributed by atoms with Gasteiger partial charge in [-0.1, -0.05) is 18.2 Å². The molecule has 0 aliphatic heterocycles. The third-order valence-electron chi connectivity index (χ3n) is 3.13. The fraction of sp³-hybridized carbons (Fsp3) is 0.118. The van der Waals surface area contributed by atoms with Gasteiger partial charge in [0.15, 0.2) is 0 Å². The zero-order chi connectivity index (χ0) is 14.7. The Morgan fingerprint density at radius 2 is 1.76 bits per heavy atom. The van der Waals surface area contributed by atoms with Gasteiger partial charge in [-0.25, -0.2) is 4.98 Å². The van der Waals surface area contributed by atoms with Gasteiger partial charge >= 0.3 is 0 Å². The number of ether oxygens (including phenoxy) is 1. The largest absolute Gasteiger partial charge is 0.508 e. The highest BCUT2D eigenvalue weighted by atomic mass is 16.5. The molecule has 106 valence electrons. The van der Waals surface area contributed by atoms with Crippen molar-refractivity contribution >= 4 is 0 Å². The van der Waals surface area contributed by atoms with E-state index in [1.807, 2.05) is 37.3 Å². The summed E-state index contributed by atoms with van der Waals surface area (Å²) in [6, 6.07) is 16.3. The first-order valence-corrected chi connectivity index (χ1v) is 6.66. The maximum Gasteiger partial charge on any atom is 0.226 e. The van der Waals surface area contributed by atoms with E-state index in [0.29, 0.717) is 18.2 Å². The average molecular weight is 281 g/mol. The topological polar surface area (TPSA) is 55.5 Å². The molecule has 0 spiro atoms. The van der Waals surface area contributed by atoms with Crippen molar-refractivity contribution in [1.29, 1.82) is 0 Å². The minimum absolute atomic E-state index is 0.214. The first-order valence-electron chi connectivity index (χ1n) is 6.66. The van der Waals surface area contributed by atoms with Crippen molar-refractivity contribution in [3.8, 4) is 23.0 Å². The van der Waals surface area contributed by atoms with E-state index in [1.54, 1.807) is 24.3 Å². The van der Waals surface area contributed by atoms with Gasteiger partial charge in [-0.15, -0.1) is 0 Å². The number of oxazole rings is 1. The van der Waals surface area contributed by atoms with Gasteiger partial charge in [0.2, 0.25) is 5.89 Å². The van der Waals surface area contributed by atoms with Crippen LogP contribution >= 0.6 is 0 Å². The Morgan fingerprint density at radius 3 is 2.48 bits per heavy atom. The zero-order valence-corrected chi connectivity index (χ0v) is 11.6. The van der Waals surface area contributed by atoms with Crippen LogP contribution in [0.25, 0.3) is 11.5 Å². The van der Waals surface area contributed by atoms with Crippen LogP contribution in [0.5, 0.6) is 11.5 Å². The molecule has 1 aromatic heterocycles. The predicted molar refractivity (Wildman–Crippen MR) is 79.1 cm³/mol. The van der Waals surface area contributed by atoms with E-state index in [-0.39, 0.29) is 5.75 Å². The number of hydrogen-bond donors (Lipinski definition) is 1. The number of phenolic OH excluding ortho intramolecular Hbond substituents is 1. The van der Waals surface area contributed by atoms with Crippen LogP contribution in [0.3, 0.4) is 0 Å². The fourth-order valence-corrected chi connectivity index (χ4v) is 1.96. The number of hydrogen-bond acceptors (Lipinski definition) is 4. The molecule has 0 atom stereocenters. The normalized spacial score (nSPS) is 10.5. The van der Waals surface area contributed by atoms with Crippen molar-refractivity contribution in [1.82, 2.24) is 4.98 Å². The van der Waals surface area contributed by atoms with E-state index in [9.17, 15) is 5.11 Å². The van der Waals surface area contributed by atoms with E-state index >= 15 is 0 Å². The Labute approximate surface area is 122 Å². The number of aryl methyl sites for hydroxylation is 1. The minimum Gasteiger partial charge on any atom is -0.508 e. The molecule has 0 bridgehead atoms. The van der Waals surface area contributed by atoms with Crippen LogP contribution in [-0.4, -0.2) is 10.1 Å². The molecule has 2 aromatic carbocycles. The molecule has 3 rings (SSSR count). The van der Waals surface area contributed by atoms with Crippen molar-refractivity contribution in [2.45, 2.75) is 13.5 Å². The number of rotatable bonds is 4. The Balaban J connectivity index is 1.74. The van der Waals surface area contributed by atoms with Crippen molar-refractivity contribution in [2.24, 2.45) is 0 Å². The van der Waals surface area contributed by atoms with E-state index in [0.717, 1.165) is 17.0 Å². The van der Waals surface area contributed by atoms with Gasteiger partial charge in [-0.05, 0) is 43.3 Å². The lowest BCUT2D eigenvalue weighted by molar-refractivity contribution is 0.299. The summed E-state index contributed by atoms with van der Waals surface area (Å²) in [4.78, 5) is 4.47. The molecule has 3 aromatic rings. The first kappa shape index (κ1) is 13.2. The van der Waals surface area contributed by atoms with Crippen LogP contribution in [0.1, 0.15) is 11.5 Å². The van der Waals surface area contributed by atoms with Gasteiger partial charge in [0.25, 0.3) is 0 Å². The Bertz CT molecular complexity index is 718. The van der Waals surface area contributed by atoms with E-state index in [2.05, 4.69) is 4.98 Å². The van der Waals surface area contributed by atoms with Crippen molar-refractivity contribution < 1.29 is 14.3 Å². The van der Waals surface area contributed by atoms with Crippen LogP contribution < -0.4 is 4.74 Å². The molecular formula is C17H15NO3. The standard InChI is InChI=1S/C17H15NO3/c1-12-16(11-20-15-9-7-14(19)8-10-15)18-17(21-12)13-5-3-2-4-6-13/h2-10,19H,11H2,1H3. The van der Waals surface area contributed by atoms with Crippen LogP contribution in [0, 0.1) is 6.92 Å². The third kappa shape index (κ3) is 3.05. The zero-order valence-electron chi connectivity index (χ0n) is 11.6. The van der Waals surface area contributed by atoms with E-state index < -0.39 is 0 Å². The highest BCUT2D eigenvalue weighted by molar-refractivity contribution is 5.53. The number of benzene rings is 2. The number of aromatic hydroxyl groups is 1. The average Bonchev–Trinajstić information content (AvgIpc) is 2.89. The number of aromatic nitrogens is 1. The van der Waals surface area contributed by atoms with Gasteiger partial charge in [-0.3, -0.25) is 0 Å². The summed E-state index contributed by atoms with van der Waals surface area (Å²) in [7, 11) is 0. The summed E-state index contributed by atoms with van der Waals surface area (Å²) in [5.74, 6) is 2.23. The molecule has 1 heterocycles. The highest BCUT2D eigenvalue weighted by Crippen LogP contribution is 2.23. The second-order valence-electron chi connectivity index (χ2n) is 4.67. The van der Waals surface area contributed by atoms with Crippen LogP contribution in [-0.2, 0) is 6.61 Å².